The SMILES string of the molecule is CC(C)[Si](C#Cc1c2ccccc2c(C#Cc2ccc(NC(=S)[S-])cc2)c2cc3ccccc3cc12)(C(C)C)C(C)C. The molecule has 0 saturated heterocycles. The Morgan fingerprint density at radius 3 is 1.60 bits per heavy atom. The average Bonchev–Trinajstić information content (AvgIpc) is 2.95. The highest BCUT2D eigenvalue weighted by atomic mass is 32.1. The summed E-state index contributed by atoms with van der Waals surface area (Å²) in [5.41, 5.74) is 9.66. The highest BCUT2D eigenvalue weighted by Crippen LogP contribution is 2.41. The third-order valence-electron chi connectivity index (χ3n) is 8.62. The molecule has 0 bridgehead atoms. The molecule has 0 aliphatic rings. The zero-order valence-corrected chi connectivity index (χ0v) is 27.8. The van der Waals surface area contributed by atoms with Crippen LogP contribution in [-0.2, 0) is 12.6 Å². The summed E-state index contributed by atoms with van der Waals surface area (Å²) in [7, 11) is -1.94. The Morgan fingerprint density at radius 2 is 1.12 bits per heavy atom. The van der Waals surface area contributed by atoms with Crippen molar-refractivity contribution in [3.63, 3.8) is 0 Å². The normalized spacial score (nSPS) is 11.5. The molecule has 0 spiro atoms. The summed E-state index contributed by atoms with van der Waals surface area (Å²) >= 11 is 10.0. The second-order valence-corrected chi connectivity index (χ2v) is 18.6. The fraction of sp³-hybridized carbons (Fsp3) is 0.237. The van der Waals surface area contributed by atoms with Gasteiger partial charge in [-0.05, 0) is 85.3 Å². The highest BCUT2D eigenvalue weighted by molar-refractivity contribution is 8.00. The molecule has 0 aromatic heterocycles. The third kappa shape index (κ3) is 5.68. The van der Waals surface area contributed by atoms with Crippen molar-refractivity contribution >= 4 is 75.2 Å². The number of nitrogens with one attached hydrogen (secondary N) is 1. The van der Waals surface area contributed by atoms with Crippen LogP contribution in [0.4, 0.5) is 5.69 Å². The maximum absolute atomic E-state index is 5.00. The van der Waals surface area contributed by atoms with Crippen LogP contribution < -0.4 is 5.32 Å². The van der Waals surface area contributed by atoms with Crippen LogP contribution in [0.15, 0.2) is 84.9 Å². The predicted molar refractivity (Wildman–Crippen MR) is 193 cm³/mol. The minimum Gasteiger partial charge on any atom is -0.411 e. The summed E-state index contributed by atoms with van der Waals surface area (Å²) in [6.45, 7) is 14.2. The van der Waals surface area contributed by atoms with Crippen molar-refractivity contribution < 1.29 is 0 Å². The molecule has 0 heterocycles. The van der Waals surface area contributed by atoms with Crippen LogP contribution in [0, 0.1) is 23.3 Å². The van der Waals surface area contributed by atoms with Gasteiger partial charge in [-0.2, -0.15) is 0 Å². The summed E-state index contributed by atoms with van der Waals surface area (Å²) in [5, 5.41) is 10.0. The van der Waals surface area contributed by atoms with Gasteiger partial charge >= 0.3 is 0 Å². The van der Waals surface area contributed by atoms with Gasteiger partial charge in [0.05, 0.1) is 0 Å². The van der Waals surface area contributed by atoms with Gasteiger partial charge in [-0.15, -0.1) is 5.54 Å². The maximum atomic E-state index is 5.00. The average molecular weight is 599 g/mol. The van der Waals surface area contributed by atoms with Crippen molar-refractivity contribution in [1.29, 1.82) is 0 Å². The molecule has 0 aliphatic carbocycles. The smallest absolute Gasteiger partial charge is 0.146 e. The minimum atomic E-state index is -1.94. The molecule has 0 atom stereocenters. The maximum Gasteiger partial charge on any atom is 0.146 e. The van der Waals surface area contributed by atoms with Crippen LogP contribution >= 0.6 is 12.2 Å². The third-order valence-corrected chi connectivity index (χ3v) is 15.1. The first-order valence-corrected chi connectivity index (χ1v) is 17.7. The van der Waals surface area contributed by atoms with Crippen LogP contribution in [0.25, 0.3) is 32.3 Å². The van der Waals surface area contributed by atoms with Gasteiger partial charge in [-0.1, -0.05) is 112 Å². The molecule has 210 valence electrons. The molecular weight excluding hydrogens is 563 g/mol. The van der Waals surface area contributed by atoms with Crippen molar-refractivity contribution in [2.24, 2.45) is 0 Å². The van der Waals surface area contributed by atoms with Crippen molar-refractivity contribution in [2.75, 3.05) is 5.32 Å². The van der Waals surface area contributed by atoms with E-state index < -0.39 is 8.07 Å². The summed E-state index contributed by atoms with van der Waals surface area (Å²) < 4.78 is 0.331. The number of thiocarbonyl (C=S) groups is 1. The number of fused-ring (bicyclic) bond motifs is 3. The van der Waals surface area contributed by atoms with Gasteiger partial charge in [0, 0.05) is 22.4 Å². The molecule has 5 aromatic carbocycles. The van der Waals surface area contributed by atoms with Crippen molar-refractivity contribution in [3.8, 4) is 23.3 Å². The molecule has 0 amide bonds. The van der Waals surface area contributed by atoms with Gasteiger partial charge < -0.3 is 30.2 Å². The van der Waals surface area contributed by atoms with E-state index in [0.29, 0.717) is 20.9 Å². The number of hydrogen-bond donors (Lipinski definition) is 1. The van der Waals surface area contributed by atoms with E-state index in [-0.39, 0.29) is 0 Å². The molecule has 0 fully saturated rings. The van der Waals surface area contributed by atoms with E-state index in [1.807, 2.05) is 24.3 Å². The fourth-order valence-electron chi connectivity index (χ4n) is 6.63. The molecule has 0 radical (unpaired) electrons. The zero-order valence-electron chi connectivity index (χ0n) is 25.1. The first kappa shape index (κ1) is 29.8. The van der Waals surface area contributed by atoms with Gasteiger partial charge in [-0.25, -0.2) is 0 Å². The Hall–Kier alpha value is -3.67. The molecule has 5 aromatic rings. The van der Waals surface area contributed by atoms with Gasteiger partial charge in [0.25, 0.3) is 0 Å². The van der Waals surface area contributed by atoms with Crippen LogP contribution in [0.5, 0.6) is 0 Å². The summed E-state index contributed by atoms with van der Waals surface area (Å²) in [6.07, 6.45) is 0. The van der Waals surface area contributed by atoms with Gasteiger partial charge in [0.2, 0.25) is 0 Å². The largest absolute Gasteiger partial charge is 0.411 e. The van der Waals surface area contributed by atoms with Crippen molar-refractivity contribution in [3.05, 3.63) is 102 Å². The lowest BCUT2D eigenvalue weighted by Gasteiger charge is -2.38. The lowest BCUT2D eigenvalue weighted by molar-refractivity contribution is 0.838. The summed E-state index contributed by atoms with van der Waals surface area (Å²) in [5.74, 6) is 10.8. The van der Waals surface area contributed by atoms with Gasteiger partial charge in [-0.3, -0.25) is 0 Å². The fourth-order valence-corrected chi connectivity index (χ4v) is 12.1. The molecule has 1 nitrogen and oxygen atoms in total. The molecule has 0 aliphatic heterocycles. The number of rotatable bonds is 4. The molecule has 0 saturated carbocycles. The van der Waals surface area contributed by atoms with Crippen molar-refractivity contribution in [2.45, 2.75) is 58.2 Å². The topological polar surface area (TPSA) is 12.0 Å². The number of hydrogen-bond acceptors (Lipinski definition) is 2. The number of benzene rings is 5. The Kier molecular flexibility index (Phi) is 8.72. The minimum absolute atomic E-state index is 0.331. The molecule has 42 heavy (non-hydrogen) atoms. The Labute approximate surface area is 262 Å². The molecule has 1 N–H and O–H groups in total. The summed E-state index contributed by atoms with van der Waals surface area (Å²) in [4.78, 5) is 0. The lowest BCUT2D eigenvalue weighted by Crippen LogP contribution is -2.43. The second kappa shape index (κ2) is 12.3. The quantitative estimate of drug-likeness (QED) is 0.0727. The van der Waals surface area contributed by atoms with E-state index in [2.05, 4.69) is 131 Å². The van der Waals surface area contributed by atoms with E-state index in [9.17, 15) is 0 Å². The van der Waals surface area contributed by atoms with Gasteiger partial charge in [0.15, 0.2) is 0 Å². The Balaban J connectivity index is 1.81. The first-order valence-electron chi connectivity index (χ1n) is 14.6. The number of anilines is 1. The highest BCUT2D eigenvalue weighted by Gasteiger charge is 2.41. The van der Waals surface area contributed by atoms with E-state index >= 15 is 0 Å². The van der Waals surface area contributed by atoms with E-state index in [1.165, 1.54) is 16.2 Å². The molecule has 0 unspecified atom stereocenters. The predicted octanol–water partition coefficient (Wildman–Crippen LogP) is 10.4. The lowest BCUT2D eigenvalue weighted by atomic mass is 9.90. The Bertz CT molecular complexity index is 1910. The van der Waals surface area contributed by atoms with Crippen LogP contribution in [-0.4, -0.2) is 12.4 Å². The van der Waals surface area contributed by atoms with E-state index in [4.69, 9.17) is 24.8 Å². The van der Waals surface area contributed by atoms with Crippen molar-refractivity contribution in [1.82, 2.24) is 0 Å². The summed E-state index contributed by atoms with van der Waals surface area (Å²) in [6, 6.07) is 29.7. The molecule has 4 heteroatoms. The zero-order chi connectivity index (χ0) is 30.0. The van der Waals surface area contributed by atoms with Crippen LogP contribution in [0.3, 0.4) is 0 Å². The van der Waals surface area contributed by atoms with E-state index in [0.717, 1.165) is 38.5 Å². The second-order valence-electron chi connectivity index (χ2n) is 11.9. The molecule has 5 rings (SSSR count). The van der Waals surface area contributed by atoms with Gasteiger partial charge in [0.1, 0.15) is 8.07 Å². The monoisotopic (exact) mass is 598 g/mol. The van der Waals surface area contributed by atoms with Crippen LogP contribution in [0.1, 0.15) is 58.2 Å². The Morgan fingerprint density at radius 1 is 0.643 bits per heavy atom. The standard InChI is InChI=1S/C38H37NS2Si/c1-25(2)42(26(3)4,27(5)6)22-21-35-33-14-10-9-13-32(33)34(20-17-28-15-18-31(19-16-28)39-38(40)41)36-23-29-11-7-8-12-30(29)24-37(35)36/h7-16,18-19,23-27H,1-6H3,(H2,39,40,41)/p-1. The molecular formula is C38H36NS2Si-. The first-order chi connectivity index (χ1) is 20.1. The van der Waals surface area contributed by atoms with E-state index in [1.54, 1.807) is 0 Å². The van der Waals surface area contributed by atoms with Crippen LogP contribution in [0.2, 0.25) is 16.6 Å².